The molecule has 1 saturated heterocycles. The van der Waals surface area contributed by atoms with Crippen LogP contribution in [-0.4, -0.2) is 90.8 Å². The maximum absolute atomic E-state index is 13.1. The van der Waals surface area contributed by atoms with Gasteiger partial charge in [-0.3, -0.25) is 19.4 Å². The van der Waals surface area contributed by atoms with E-state index in [-0.39, 0.29) is 12.3 Å². The number of methoxy groups -OCH3 is 2. The number of nitrogens with zero attached hydrogens (tertiary/aromatic N) is 5. The average molecular weight is 414 g/mol. The summed E-state index contributed by atoms with van der Waals surface area (Å²) in [5, 5.41) is 0. The van der Waals surface area contributed by atoms with E-state index in [1.54, 1.807) is 21.3 Å². The van der Waals surface area contributed by atoms with E-state index in [1.807, 2.05) is 27.7 Å². The largest absolute Gasteiger partial charge is 0.497 e. The highest BCUT2D eigenvalue weighted by molar-refractivity contribution is 6.24. The van der Waals surface area contributed by atoms with E-state index in [0.29, 0.717) is 36.4 Å². The smallest absolute Gasteiger partial charge is 0.397 e. The Labute approximate surface area is 174 Å². The van der Waals surface area contributed by atoms with Gasteiger partial charge in [-0.1, -0.05) is 4.99 Å². The molecule has 0 radical (unpaired) electrons. The highest BCUT2D eigenvalue weighted by Gasteiger charge is 2.54. The van der Waals surface area contributed by atoms with Gasteiger partial charge in [0.15, 0.2) is 5.75 Å². The molecule has 10 nitrogen and oxygen atoms in total. The number of Topliss-reactive ketones (excluding diaryl/α,β-unsaturated/α-hetero) is 1. The van der Waals surface area contributed by atoms with E-state index in [1.165, 1.54) is 11.8 Å². The second-order valence-corrected chi connectivity index (χ2v) is 7.38. The summed E-state index contributed by atoms with van der Waals surface area (Å²) in [5.74, 6) is 1.58. The first kappa shape index (κ1) is 19.9. The number of hydrogen-bond donors (Lipinski definition) is 0. The third kappa shape index (κ3) is 2.99. The number of amides is 3. The first-order valence-corrected chi connectivity index (χ1v) is 9.67. The topological polar surface area (TPSA) is 94.8 Å². The van der Waals surface area contributed by atoms with Crippen molar-refractivity contribution in [3.05, 3.63) is 18.2 Å². The highest BCUT2D eigenvalue weighted by Crippen LogP contribution is 2.35. The molecule has 3 heterocycles. The van der Waals surface area contributed by atoms with Crippen LogP contribution in [-0.2, 0) is 9.59 Å². The molecule has 1 unspecified atom stereocenters. The van der Waals surface area contributed by atoms with Crippen LogP contribution >= 0.6 is 0 Å². The SMILES string of the molecule is COc1ccc(OC)c(N2CCC[N+]3=C2N=C2C3C(=O)N(CC(C)=O)C(=O)N2C)c1. The molecule has 158 valence electrons. The number of benzene rings is 1. The number of ether oxygens (including phenoxy) is 2. The Morgan fingerprint density at radius 3 is 2.70 bits per heavy atom. The van der Waals surface area contributed by atoms with Crippen molar-refractivity contribution in [3.8, 4) is 11.5 Å². The number of hydrogen-bond acceptors (Lipinski definition) is 7. The minimum Gasteiger partial charge on any atom is -0.497 e. The van der Waals surface area contributed by atoms with Gasteiger partial charge in [-0.15, -0.1) is 0 Å². The van der Waals surface area contributed by atoms with E-state index < -0.39 is 18.0 Å². The van der Waals surface area contributed by atoms with Crippen molar-refractivity contribution in [2.75, 3.05) is 45.8 Å². The number of ketones is 1. The number of fused-ring (bicyclic) bond motifs is 2. The van der Waals surface area contributed by atoms with E-state index >= 15 is 0 Å². The van der Waals surface area contributed by atoms with Gasteiger partial charge in [-0.2, -0.15) is 0 Å². The first-order valence-electron chi connectivity index (χ1n) is 9.67. The normalized spacial score (nSPS) is 20.9. The minimum absolute atomic E-state index is 0.248. The monoisotopic (exact) mass is 414 g/mol. The molecule has 10 heteroatoms. The van der Waals surface area contributed by atoms with Gasteiger partial charge >= 0.3 is 12.0 Å². The molecule has 1 aromatic rings. The molecule has 3 aliphatic heterocycles. The second-order valence-electron chi connectivity index (χ2n) is 7.38. The van der Waals surface area contributed by atoms with Gasteiger partial charge in [-0.05, 0) is 19.1 Å². The molecule has 3 aliphatic rings. The van der Waals surface area contributed by atoms with Crippen LogP contribution in [0.4, 0.5) is 10.5 Å². The summed E-state index contributed by atoms with van der Waals surface area (Å²) in [6.45, 7) is 2.38. The third-order valence-electron chi connectivity index (χ3n) is 5.47. The van der Waals surface area contributed by atoms with Gasteiger partial charge in [-0.25, -0.2) is 14.3 Å². The van der Waals surface area contributed by atoms with E-state index in [0.717, 1.165) is 17.0 Å². The van der Waals surface area contributed by atoms with Crippen LogP contribution in [0.15, 0.2) is 23.2 Å². The molecule has 30 heavy (non-hydrogen) atoms. The quantitative estimate of drug-likeness (QED) is 0.653. The van der Waals surface area contributed by atoms with E-state index in [2.05, 4.69) is 4.99 Å². The Bertz CT molecular complexity index is 1000. The first-order chi connectivity index (χ1) is 14.4. The number of aliphatic imine (C=N–C) groups is 1. The van der Waals surface area contributed by atoms with Crippen LogP contribution in [0.1, 0.15) is 13.3 Å². The maximum Gasteiger partial charge on any atom is 0.397 e. The number of carbonyl (C=O) groups excluding carboxylic acids is 3. The summed E-state index contributed by atoms with van der Waals surface area (Å²) in [6.07, 6.45) is 0.779. The predicted octanol–water partition coefficient (Wildman–Crippen LogP) is 0.546. The van der Waals surface area contributed by atoms with Crippen LogP contribution in [0.5, 0.6) is 11.5 Å². The molecule has 1 atom stereocenters. The molecular weight excluding hydrogens is 390 g/mol. The molecule has 3 amide bonds. The van der Waals surface area contributed by atoms with Crippen molar-refractivity contribution in [1.29, 1.82) is 0 Å². The molecule has 0 bridgehead atoms. The number of imide groups is 1. The van der Waals surface area contributed by atoms with Crippen molar-refractivity contribution in [2.24, 2.45) is 4.99 Å². The van der Waals surface area contributed by atoms with Crippen molar-refractivity contribution in [2.45, 2.75) is 19.4 Å². The van der Waals surface area contributed by atoms with Crippen molar-refractivity contribution >= 4 is 35.2 Å². The Morgan fingerprint density at radius 2 is 2.03 bits per heavy atom. The molecule has 0 aliphatic carbocycles. The molecule has 4 rings (SSSR count). The second kappa shape index (κ2) is 7.43. The zero-order chi connectivity index (χ0) is 21.6. The van der Waals surface area contributed by atoms with Gasteiger partial charge in [0.05, 0.1) is 33.9 Å². The summed E-state index contributed by atoms with van der Waals surface area (Å²) in [7, 11) is 4.76. The van der Waals surface area contributed by atoms with Gasteiger partial charge in [0.25, 0.3) is 5.91 Å². The zero-order valence-corrected chi connectivity index (χ0v) is 17.4. The van der Waals surface area contributed by atoms with E-state index in [4.69, 9.17) is 9.47 Å². The summed E-state index contributed by atoms with van der Waals surface area (Å²) in [5.41, 5.74) is 0.765. The Balaban J connectivity index is 1.79. The molecule has 0 N–H and O–H groups in total. The molecule has 1 fully saturated rings. The predicted molar refractivity (Wildman–Crippen MR) is 108 cm³/mol. The van der Waals surface area contributed by atoms with E-state index in [9.17, 15) is 14.4 Å². The third-order valence-corrected chi connectivity index (χ3v) is 5.47. The lowest BCUT2D eigenvalue weighted by Crippen LogP contribution is -2.64. The fourth-order valence-corrected chi connectivity index (χ4v) is 4.05. The number of rotatable bonds is 5. The van der Waals surface area contributed by atoms with Crippen molar-refractivity contribution in [1.82, 2.24) is 9.80 Å². The standard InChI is InChI=1S/C20H24N5O5/c1-12(26)11-25-18(27)16-17(22(2)20(25)28)21-19-23(8-5-9-24(16)19)14-10-13(29-3)6-7-15(14)30-4/h6-7,10,16H,5,8-9,11H2,1-4H3/q+1. The lowest BCUT2D eigenvalue weighted by molar-refractivity contribution is -0.539. The zero-order valence-electron chi connectivity index (χ0n) is 17.4. The molecule has 0 saturated carbocycles. The highest BCUT2D eigenvalue weighted by atomic mass is 16.5. The maximum atomic E-state index is 13.1. The van der Waals surface area contributed by atoms with Gasteiger partial charge < -0.3 is 9.47 Å². The number of likely N-dealkylation sites (N-methyl/N-ethyl adjacent to an activating group) is 1. The molecule has 0 spiro atoms. The summed E-state index contributed by atoms with van der Waals surface area (Å²) in [4.78, 5) is 46.4. The molecule has 0 aromatic heterocycles. The minimum atomic E-state index is -0.735. The number of guanidine groups is 1. The summed E-state index contributed by atoms with van der Waals surface area (Å²) in [6, 6.07) is 4.21. The van der Waals surface area contributed by atoms with Crippen LogP contribution in [0.3, 0.4) is 0 Å². The summed E-state index contributed by atoms with van der Waals surface area (Å²) < 4.78 is 12.8. The summed E-state index contributed by atoms with van der Waals surface area (Å²) >= 11 is 0. The number of anilines is 1. The van der Waals surface area contributed by atoms with Crippen LogP contribution in [0.25, 0.3) is 0 Å². The van der Waals surface area contributed by atoms with Crippen LogP contribution in [0.2, 0.25) is 0 Å². The number of urea groups is 1. The van der Waals surface area contributed by atoms with Crippen LogP contribution < -0.4 is 14.4 Å². The number of amidine groups is 1. The fourth-order valence-electron chi connectivity index (χ4n) is 4.05. The van der Waals surface area contributed by atoms with Gasteiger partial charge in [0.2, 0.25) is 11.9 Å². The molecule has 1 aromatic carbocycles. The van der Waals surface area contributed by atoms with Crippen LogP contribution in [0, 0.1) is 0 Å². The number of carbonyl (C=O) groups is 3. The average Bonchev–Trinajstić information content (AvgIpc) is 3.14. The Morgan fingerprint density at radius 1 is 1.27 bits per heavy atom. The Hall–Kier alpha value is -3.43. The van der Waals surface area contributed by atoms with Gasteiger partial charge in [0, 0.05) is 19.5 Å². The fraction of sp³-hybridized carbons (Fsp3) is 0.450. The van der Waals surface area contributed by atoms with Gasteiger partial charge in [0.1, 0.15) is 17.2 Å². The van der Waals surface area contributed by atoms with Crippen molar-refractivity contribution in [3.63, 3.8) is 0 Å². The lowest BCUT2D eigenvalue weighted by atomic mass is 10.1. The Kier molecular flexibility index (Phi) is 4.92. The molecular formula is C20H24N5O5+. The van der Waals surface area contributed by atoms with Crippen molar-refractivity contribution < 1.29 is 28.4 Å². The lowest BCUT2D eigenvalue weighted by Gasteiger charge is -2.34.